The lowest BCUT2D eigenvalue weighted by molar-refractivity contribution is -0.903. The molecule has 0 spiro atoms. The van der Waals surface area contributed by atoms with Gasteiger partial charge in [0.15, 0.2) is 0 Å². The molecule has 1 aliphatic rings. The largest absolute Gasteiger partial charge is 0.446 e. The third-order valence-corrected chi connectivity index (χ3v) is 8.25. The molecule has 0 unspecified atom stereocenters. The zero-order chi connectivity index (χ0) is 28.8. The molecule has 3 aromatic rings. The zero-order valence-corrected chi connectivity index (χ0v) is 25.3. The molecule has 0 aromatic heterocycles. The molecule has 0 aliphatic carbocycles. The van der Waals surface area contributed by atoms with Crippen LogP contribution in [0.25, 0.3) is 11.1 Å². The number of carbonyl (C=O) groups excluding carboxylic acids is 1. The van der Waals surface area contributed by atoms with Crippen molar-refractivity contribution in [2.75, 3.05) is 45.6 Å². The molecule has 1 N–H and O–H groups in total. The Bertz CT molecular complexity index is 1160. The van der Waals surface area contributed by atoms with Crippen LogP contribution in [0, 0.1) is 0 Å². The highest BCUT2D eigenvalue weighted by Crippen LogP contribution is 2.28. The van der Waals surface area contributed by atoms with Gasteiger partial charge in [0.25, 0.3) is 0 Å². The molecule has 0 bridgehead atoms. The smallest absolute Gasteiger partial charge is 0.411 e. The number of nitrogens with zero attached hydrogens (tertiary/aromatic N) is 2. The van der Waals surface area contributed by atoms with Gasteiger partial charge in [-0.1, -0.05) is 105 Å². The number of quaternary nitrogens is 1. The molecule has 0 saturated carbocycles. The molecule has 1 aliphatic heterocycles. The SMILES string of the molecule is C[N+](C)(CCCCCCCCCN1CCC(OC(=O)Nc2ccccc2-c2ccccc2)CC1)Cc1ccccc1. The van der Waals surface area contributed by atoms with Crippen molar-refractivity contribution in [1.82, 2.24) is 4.90 Å². The molecule has 220 valence electrons. The van der Waals surface area contributed by atoms with Crippen LogP contribution in [-0.4, -0.2) is 61.9 Å². The Labute approximate surface area is 248 Å². The number of unbranched alkanes of at least 4 members (excludes halogenated alkanes) is 6. The van der Waals surface area contributed by atoms with E-state index in [1.807, 2.05) is 42.5 Å². The molecule has 5 heteroatoms. The second kappa shape index (κ2) is 16.3. The maximum Gasteiger partial charge on any atom is 0.411 e. The first-order valence-corrected chi connectivity index (χ1v) is 15.7. The second-order valence-corrected chi connectivity index (χ2v) is 12.3. The number of hydrogen-bond acceptors (Lipinski definition) is 3. The Morgan fingerprint density at radius 2 is 1.37 bits per heavy atom. The summed E-state index contributed by atoms with van der Waals surface area (Å²) in [4.78, 5) is 15.2. The Kier molecular flexibility index (Phi) is 12.3. The lowest BCUT2D eigenvalue weighted by atomic mass is 10.0. The molecule has 41 heavy (non-hydrogen) atoms. The minimum absolute atomic E-state index is 0.00793. The molecule has 1 heterocycles. The fourth-order valence-corrected chi connectivity index (χ4v) is 5.92. The summed E-state index contributed by atoms with van der Waals surface area (Å²) in [6, 6.07) is 28.9. The Morgan fingerprint density at radius 1 is 0.780 bits per heavy atom. The van der Waals surface area contributed by atoms with Gasteiger partial charge >= 0.3 is 6.09 Å². The quantitative estimate of drug-likeness (QED) is 0.151. The van der Waals surface area contributed by atoms with Gasteiger partial charge in [-0.25, -0.2) is 4.79 Å². The maximum atomic E-state index is 12.7. The predicted molar refractivity (Wildman–Crippen MR) is 171 cm³/mol. The number of nitrogens with one attached hydrogen (secondary N) is 1. The van der Waals surface area contributed by atoms with Crippen molar-refractivity contribution in [2.24, 2.45) is 0 Å². The van der Waals surface area contributed by atoms with Gasteiger partial charge in [0.2, 0.25) is 0 Å². The Balaban J connectivity index is 1.02. The third-order valence-electron chi connectivity index (χ3n) is 8.25. The molecule has 1 fully saturated rings. The number of para-hydroxylation sites is 1. The van der Waals surface area contributed by atoms with Crippen LogP contribution in [0.5, 0.6) is 0 Å². The van der Waals surface area contributed by atoms with Gasteiger partial charge in [0, 0.05) is 24.2 Å². The van der Waals surface area contributed by atoms with Gasteiger partial charge in [-0.2, -0.15) is 0 Å². The van der Waals surface area contributed by atoms with Crippen molar-refractivity contribution in [3.63, 3.8) is 0 Å². The molecular weight excluding hydrogens is 506 g/mol. The van der Waals surface area contributed by atoms with Crippen LogP contribution < -0.4 is 5.32 Å². The highest BCUT2D eigenvalue weighted by molar-refractivity contribution is 5.91. The van der Waals surface area contributed by atoms with Crippen LogP contribution in [-0.2, 0) is 11.3 Å². The van der Waals surface area contributed by atoms with Crippen LogP contribution in [0.4, 0.5) is 10.5 Å². The van der Waals surface area contributed by atoms with Gasteiger partial charge in [0.1, 0.15) is 12.6 Å². The van der Waals surface area contributed by atoms with E-state index in [-0.39, 0.29) is 12.2 Å². The number of likely N-dealkylation sites (tertiary alicyclic amines) is 1. The van der Waals surface area contributed by atoms with Gasteiger partial charge in [-0.15, -0.1) is 0 Å². The summed E-state index contributed by atoms with van der Waals surface area (Å²) in [7, 11) is 4.70. The maximum absolute atomic E-state index is 12.7. The zero-order valence-electron chi connectivity index (χ0n) is 25.3. The van der Waals surface area contributed by atoms with E-state index in [1.165, 1.54) is 57.1 Å². The van der Waals surface area contributed by atoms with Crippen molar-refractivity contribution in [1.29, 1.82) is 0 Å². The number of amides is 1. The Morgan fingerprint density at radius 3 is 2.07 bits per heavy atom. The van der Waals surface area contributed by atoms with Gasteiger partial charge < -0.3 is 14.1 Å². The van der Waals surface area contributed by atoms with Gasteiger partial charge in [0.05, 0.1) is 26.3 Å². The molecule has 3 aromatic carbocycles. The van der Waals surface area contributed by atoms with E-state index in [9.17, 15) is 4.79 Å². The first-order valence-electron chi connectivity index (χ1n) is 15.7. The summed E-state index contributed by atoms with van der Waals surface area (Å²) in [5.41, 5.74) is 4.30. The molecule has 1 saturated heterocycles. The number of ether oxygens (including phenoxy) is 1. The molecular formula is C36H50N3O2+. The summed E-state index contributed by atoms with van der Waals surface area (Å²) in [5, 5.41) is 2.98. The van der Waals surface area contributed by atoms with Gasteiger partial charge in [-0.05, 0) is 50.3 Å². The standard InChI is InChI=1S/C36H49N3O2/c1-39(2,30-31-18-10-8-11-19-31)29-17-7-5-3-4-6-16-26-38-27-24-33(25-28-38)41-36(40)37-35-23-15-14-22-34(35)32-20-12-9-13-21-32/h8-15,18-23,33H,3-7,16-17,24-30H2,1-2H3/p+1. The predicted octanol–water partition coefficient (Wildman–Crippen LogP) is 8.37. The summed E-state index contributed by atoms with van der Waals surface area (Å²) in [5.74, 6) is 0. The van der Waals surface area contributed by atoms with Crippen LogP contribution in [0.1, 0.15) is 63.4 Å². The van der Waals surface area contributed by atoms with E-state index >= 15 is 0 Å². The summed E-state index contributed by atoms with van der Waals surface area (Å²) < 4.78 is 6.87. The van der Waals surface area contributed by atoms with E-state index in [1.54, 1.807) is 0 Å². The van der Waals surface area contributed by atoms with E-state index in [2.05, 4.69) is 66.8 Å². The third kappa shape index (κ3) is 11.0. The summed E-state index contributed by atoms with van der Waals surface area (Å²) in [6.07, 6.45) is 10.7. The molecule has 0 radical (unpaired) electrons. The first-order chi connectivity index (χ1) is 20.0. The number of anilines is 1. The minimum atomic E-state index is -0.356. The molecule has 0 atom stereocenters. The average Bonchev–Trinajstić information content (AvgIpc) is 2.98. The van der Waals surface area contributed by atoms with Crippen LogP contribution in [0.2, 0.25) is 0 Å². The van der Waals surface area contributed by atoms with Crippen molar-refractivity contribution in [3.8, 4) is 11.1 Å². The fourth-order valence-electron chi connectivity index (χ4n) is 5.92. The number of hydrogen-bond donors (Lipinski definition) is 1. The first kappa shape index (κ1) is 30.8. The van der Waals surface area contributed by atoms with E-state index in [0.717, 1.165) is 60.3 Å². The van der Waals surface area contributed by atoms with Crippen molar-refractivity contribution in [3.05, 3.63) is 90.5 Å². The molecule has 5 nitrogen and oxygen atoms in total. The molecule has 1 amide bonds. The normalized spacial score (nSPS) is 14.6. The van der Waals surface area contributed by atoms with Crippen LogP contribution in [0.15, 0.2) is 84.9 Å². The van der Waals surface area contributed by atoms with Crippen LogP contribution in [0.3, 0.4) is 0 Å². The van der Waals surface area contributed by atoms with Gasteiger partial charge in [-0.3, -0.25) is 5.32 Å². The average molecular weight is 557 g/mol. The topological polar surface area (TPSA) is 41.6 Å². The highest BCUT2D eigenvalue weighted by atomic mass is 16.6. The van der Waals surface area contributed by atoms with E-state index in [0.29, 0.717) is 0 Å². The van der Waals surface area contributed by atoms with Crippen molar-refractivity contribution < 1.29 is 14.0 Å². The summed E-state index contributed by atoms with van der Waals surface area (Å²) >= 11 is 0. The number of benzene rings is 3. The summed E-state index contributed by atoms with van der Waals surface area (Å²) in [6.45, 7) is 5.54. The lowest BCUT2D eigenvalue weighted by Gasteiger charge is -2.31. The second-order valence-electron chi connectivity index (χ2n) is 12.3. The fraction of sp³-hybridized carbons (Fsp3) is 0.472. The minimum Gasteiger partial charge on any atom is -0.446 e. The number of rotatable bonds is 15. The monoisotopic (exact) mass is 556 g/mol. The van der Waals surface area contributed by atoms with Crippen molar-refractivity contribution >= 4 is 11.8 Å². The van der Waals surface area contributed by atoms with Crippen molar-refractivity contribution in [2.45, 2.75) is 70.4 Å². The number of carbonyl (C=O) groups is 1. The number of piperidine rings is 1. The van der Waals surface area contributed by atoms with E-state index in [4.69, 9.17) is 4.74 Å². The Hall–Kier alpha value is -3.15. The van der Waals surface area contributed by atoms with E-state index < -0.39 is 0 Å². The van der Waals surface area contributed by atoms with Crippen LogP contribution >= 0.6 is 0 Å². The highest BCUT2D eigenvalue weighted by Gasteiger charge is 2.22. The lowest BCUT2D eigenvalue weighted by Crippen LogP contribution is -2.39. The molecule has 4 rings (SSSR count).